The normalized spacial score (nSPS) is 13.4. The Hall–Kier alpha value is -1.54. The van der Waals surface area contributed by atoms with Gasteiger partial charge in [-0.05, 0) is 6.07 Å². The lowest BCUT2D eigenvalue weighted by Gasteiger charge is -2.12. The van der Waals surface area contributed by atoms with Crippen molar-refractivity contribution in [2.75, 3.05) is 0 Å². The van der Waals surface area contributed by atoms with Crippen LogP contribution in [0, 0.1) is 11.3 Å². The molecule has 0 bridgehead atoms. The first-order chi connectivity index (χ1) is 6.46. The fraction of sp³-hybridized carbons (Fsp3) is 0.222. The summed E-state index contributed by atoms with van der Waals surface area (Å²) in [5.74, 6) is 0. The molecule has 0 radical (unpaired) electrons. The van der Waals surface area contributed by atoms with Gasteiger partial charge in [-0.1, -0.05) is 18.2 Å². The predicted octanol–water partition coefficient (Wildman–Crippen LogP) is 2.26. The van der Waals surface area contributed by atoms with Crippen molar-refractivity contribution in [3.63, 3.8) is 0 Å². The van der Waals surface area contributed by atoms with Gasteiger partial charge in [0.15, 0.2) is 6.10 Å². The van der Waals surface area contributed by atoms with Crippen LogP contribution in [0.1, 0.15) is 17.2 Å². The van der Waals surface area contributed by atoms with Crippen molar-refractivity contribution in [2.45, 2.75) is 12.3 Å². The van der Waals surface area contributed by atoms with E-state index in [4.69, 9.17) is 10.4 Å². The Morgan fingerprint density at radius 1 is 1.29 bits per heavy atom. The second-order valence-corrected chi connectivity index (χ2v) is 2.62. The standard InChI is InChI=1S/C9H6F3NO/c10-9(11,12)7-4-2-1-3-6(7)8(14)5-13/h1-4,8,14H/t8-/m0/s1. The van der Waals surface area contributed by atoms with Gasteiger partial charge >= 0.3 is 6.18 Å². The number of nitrogens with zero attached hydrogens (tertiary/aromatic N) is 1. The Kier molecular flexibility index (Phi) is 2.77. The molecule has 0 aliphatic heterocycles. The fourth-order valence-electron chi connectivity index (χ4n) is 1.06. The van der Waals surface area contributed by atoms with Crippen LogP contribution in [0.5, 0.6) is 0 Å². The van der Waals surface area contributed by atoms with E-state index >= 15 is 0 Å². The summed E-state index contributed by atoms with van der Waals surface area (Å²) in [5.41, 5.74) is -1.39. The summed E-state index contributed by atoms with van der Waals surface area (Å²) in [6, 6.07) is 5.80. The molecule has 1 aromatic rings. The molecule has 0 unspecified atom stereocenters. The molecule has 0 aromatic heterocycles. The number of hydrogen-bond donors (Lipinski definition) is 1. The lowest BCUT2D eigenvalue weighted by atomic mass is 10.0. The Morgan fingerprint density at radius 3 is 2.36 bits per heavy atom. The maximum Gasteiger partial charge on any atom is 0.416 e. The maximum absolute atomic E-state index is 12.3. The summed E-state index contributed by atoms with van der Waals surface area (Å²) < 4.78 is 37.0. The third-order valence-electron chi connectivity index (χ3n) is 1.68. The van der Waals surface area contributed by atoms with Gasteiger partial charge in [0.05, 0.1) is 11.6 Å². The molecule has 2 nitrogen and oxygen atoms in total. The molecule has 5 heteroatoms. The Labute approximate surface area is 78.2 Å². The summed E-state index contributed by atoms with van der Waals surface area (Å²) in [7, 11) is 0. The third-order valence-corrected chi connectivity index (χ3v) is 1.68. The highest BCUT2D eigenvalue weighted by atomic mass is 19.4. The van der Waals surface area contributed by atoms with E-state index in [-0.39, 0.29) is 0 Å². The number of nitriles is 1. The van der Waals surface area contributed by atoms with Gasteiger partial charge in [0.25, 0.3) is 0 Å². The first kappa shape index (κ1) is 10.5. The van der Waals surface area contributed by atoms with E-state index < -0.39 is 23.4 Å². The average Bonchev–Trinajstić information content (AvgIpc) is 2.15. The third kappa shape index (κ3) is 2.03. The van der Waals surface area contributed by atoms with Gasteiger partial charge in [-0.3, -0.25) is 0 Å². The minimum atomic E-state index is -4.55. The van der Waals surface area contributed by atoms with Gasteiger partial charge in [0, 0.05) is 5.56 Å². The molecule has 0 heterocycles. The average molecular weight is 201 g/mol. The molecule has 0 aliphatic carbocycles. The predicted molar refractivity (Wildman–Crippen MR) is 42.0 cm³/mol. The van der Waals surface area contributed by atoms with Crippen molar-refractivity contribution in [3.05, 3.63) is 35.4 Å². The van der Waals surface area contributed by atoms with Crippen molar-refractivity contribution in [1.29, 1.82) is 5.26 Å². The zero-order valence-corrected chi connectivity index (χ0v) is 6.92. The molecule has 14 heavy (non-hydrogen) atoms. The molecule has 0 spiro atoms. The maximum atomic E-state index is 12.3. The van der Waals surface area contributed by atoms with E-state index in [1.807, 2.05) is 0 Å². The van der Waals surface area contributed by atoms with Crippen LogP contribution in [-0.2, 0) is 6.18 Å². The highest BCUT2D eigenvalue weighted by Gasteiger charge is 2.34. The van der Waals surface area contributed by atoms with Crippen molar-refractivity contribution in [3.8, 4) is 6.07 Å². The number of aliphatic hydroxyl groups excluding tert-OH is 1. The van der Waals surface area contributed by atoms with Gasteiger partial charge in [0.1, 0.15) is 0 Å². The number of aliphatic hydroxyl groups is 1. The molecule has 74 valence electrons. The van der Waals surface area contributed by atoms with Crippen LogP contribution in [0.15, 0.2) is 24.3 Å². The van der Waals surface area contributed by atoms with Crippen LogP contribution in [0.4, 0.5) is 13.2 Å². The number of hydrogen-bond acceptors (Lipinski definition) is 2. The molecule has 1 aromatic carbocycles. The second kappa shape index (κ2) is 3.68. The second-order valence-electron chi connectivity index (χ2n) is 2.62. The van der Waals surface area contributed by atoms with Crippen LogP contribution in [0.25, 0.3) is 0 Å². The van der Waals surface area contributed by atoms with Crippen molar-refractivity contribution in [2.24, 2.45) is 0 Å². The molecule has 0 fully saturated rings. The van der Waals surface area contributed by atoms with Crippen molar-refractivity contribution < 1.29 is 18.3 Å². The Balaban J connectivity index is 3.25. The Bertz CT molecular complexity index is 367. The van der Waals surface area contributed by atoms with Crippen LogP contribution >= 0.6 is 0 Å². The van der Waals surface area contributed by atoms with E-state index in [0.717, 1.165) is 12.1 Å². The SMILES string of the molecule is N#C[C@H](O)c1ccccc1C(F)(F)F. The zero-order valence-electron chi connectivity index (χ0n) is 6.92. The number of rotatable bonds is 1. The molecule has 1 atom stereocenters. The van der Waals surface area contributed by atoms with Gasteiger partial charge in [-0.25, -0.2) is 0 Å². The largest absolute Gasteiger partial charge is 0.416 e. The first-order valence-electron chi connectivity index (χ1n) is 3.70. The summed E-state index contributed by atoms with van der Waals surface area (Å²) in [6.45, 7) is 0. The lowest BCUT2D eigenvalue weighted by molar-refractivity contribution is -0.138. The monoisotopic (exact) mass is 201 g/mol. The van der Waals surface area contributed by atoms with E-state index in [0.29, 0.717) is 0 Å². The number of halogens is 3. The topological polar surface area (TPSA) is 44.0 Å². The quantitative estimate of drug-likeness (QED) is 0.708. The van der Waals surface area contributed by atoms with Crippen LogP contribution in [-0.4, -0.2) is 5.11 Å². The summed E-state index contributed by atoms with van der Waals surface area (Å²) in [6.07, 6.45) is -6.29. The number of benzene rings is 1. The highest BCUT2D eigenvalue weighted by Crippen LogP contribution is 2.34. The van der Waals surface area contributed by atoms with Gasteiger partial charge in [0.2, 0.25) is 0 Å². The summed E-state index contributed by atoms with van der Waals surface area (Å²) in [5, 5.41) is 17.3. The lowest BCUT2D eigenvalue weighted by Crippen LogP contribution is -2.11. The molecule has 0 aliphatic rings. The first-order valence-corrected chi connectivity index (χ1v) is 3.70. The van der Waals surface area contributed by atoms with Gasteiger partial charge in [-0.2, -0.15) is 18.4 Å². The van der Waals surface area contributed by atoms with E-state index in [2.05, 4.69) is 0 Å². The molecule has 1 N–H and O–H groups in total. The smallest absolute Gasteiger partial charge is 0.374 e. The van der Waals surface area contributed by atoms with E-state index in [1.54, 1.807) is 0 Å². The van der Waals surface area contributed by atoms with Crippen LogP contribution in [0.3, 0.4) is 0 Å². The van der Waals surface area contributed by atoms with Crippen molar-refractivity contribution in [1.82, 2.24) is 0 Å². The van der Waals surface area contributed by atoms with Crippen LogP contribution in [0.2, 0.25) is 0 Å². The van der Waals surface area contributed by atoms with Crippen LogP contribution < -0.4 is 0 Å². The molecule has 0 saturated heterocycles. The Morgan fingerprint density at radius 2 is 1.86 bits per heavy atom. The summed E-state index contributed by atoms with van der Waals surface area (Å²) >= 11 is 0. The molecule has 1 rings (SSSR count). The van der Waals surface area contributed by atoms with Crippen molar-refractivity contribution >= 4 is 0 Å². The summed E-state index contributed by atoms with van der Waals surface area (Å²) in [4.78, 5) is 0. The minimum absolute atomic E-state index is 0.414. The molecular weight excluding hydrogens is 195 g/mol. The van der Waals surface area contributed by atoms with E-state index in [1.165, 1.54) is 18.2 Å². The molecular formula is C9H6F3NO. The zero-order chi connectivity index (χ0) is 10.8. The molecule has 0 saturated carbocycles. The van der Waals surface area contributed by atoms with E-state index in [9.17, 15) is 13.2 Å². The van der Waals surface area contributed by atoms with Gasteiger partial charge in [-0.15, -0.1) is 0 Å². The van der Waals surface area contributed by atoms with Gasteiger partial charge < -0.3 is 5.11 Å². The minimum Gasteiger partial charge on any atom is -0.374 e. The number of alkyl halides is 3. The fourth-order valence-corrected chi connectivity index (χ4v) is 1.06. The molecule has 0 amide bonds. The highest BCUT2D eigenvalue weighted by molar-refractivity contribution is 5.33.